The molecular formula is C32H24N2O5. The molecule has 0 fully saturated rings. The molecule has 0 bridgehead atoms. The molecule has 0 unspecified atom stereocenters. The summed E-state index contributed by atoms with van der Waals surface area (Å²) in [5, 5.41) is 36.6. The number of rotatable bonds is 4. The number of nitriles is 2. The molecule has 192 valence electrons. The third-order valence-corrected chi connectivity index (χ3v) is 7.66. The van der Waals surface area contributed by atoms with Crippen molar-refractivity contribution in [2.24, 2.45) is 11.3 Å². The van der Waals surface area contributed by atoms with Crippen molar-refractivity contribution in [2.75, 3.05) is 14.2 Å². The van der Waals surface area contributed by atoms with Gasteiger partial charge in [-0.3, -0.25) is 4.79 Å². The molecule has 7 nitrogen and oxygen atoms in total. The number of nitrogens with zero attached hydrogens (tertiary/aromatic N) is 2. The van der Waals surface area contributed by atoms with Crippen LogP contribution in [0.5, 0.6) is 0 Å². The first-order chi connectivity index (χ1) is 18.9. The number of benzene rings is 4. The summed E-state index contributed by atoms with van der Waals surface area (Å²) in [5.41, 5.74) is -1.35. The van der Waals surface area contributed by atoms with Crippen molar-refractivity contribution in [3.63, 3.8) is 0 Å². The maximum absolute atomic E-state index is 13.3. The van der Waals surface area contributed by atoms with Gasteiger partial charge in [0, 0.05) is 5.92 Å². The van der Waals surface area contributed by atoms with Crippen LogP contribution in [-0.2, 0) is 19.1 Å². The summed E-state index contributed by atoms with van der Waals surface area (Å²) in [5.74, 6) is -6.35. The predicted octanol–water partition coefficient (Wildman–Crippen LogP) is 5.68. The van der Waals surface area contributed by atoms with Crippen molar-refractivity contribution in [1.29, 1.82) is 10.5 Å². The van der Waals surface area contributed by atoms with E-state index in [0.29, 0.717) is 21.9 Å². The van der Waals surface area contributed by atoms with Crippen LogP contribution in [0.15, 0.2) is 96.3 Å². The van der Waals surface area contributed by atoms with Crippen molar-refractivity contribution in [3.8, 4) is 12.1 Å². The zero-order valence-corrected chi connectivity index (χ0v) is 21.3. The van der Waals surface area contributed by atoms with Gasteiger partial charge in [0.05, 0.1) is 37.8 Å². The van der Waals surface area contributed by atoms with Crippen molar-refractivity contribution < 1.29 is 24.2 Å². The molecule has 0 aromatic heterocycles. The number of ether oxygens (including phenoxy) is 2. The van der Waals surface area contributed by atoms with Crippen molar-refractivity contribution in [3.05, 3.63) is 107 Å². The number of esters is 2. The van der Waals surface area contributed by atoms with Crippen LogP contribution in [0.25, 0.3) is 21.5 Å². The molecular weight excluding hydrogens is 492 g/mol. The third kappa shape index (κ3) is 3.79. The first-order valence-electron chi connectivity index (χ1n) is 12.3. The lowest BCUT2D eigenvalue weighted by atomic mass is 9.53. The lowest BCUT2D eigenvalue weighted by molar-refractivity contribution is -0.147. The Morgan fingerprint density at radius 1 is 0.769 bits per heavy atom. The Balaban J connectivity index is 1.97. The number of aliphatic hydroxyl groups excluding tert-OH is 1. The predicted molar refractivity (Wildman–Crippen MR) is 144 cm³/mol. The third-order valence-electron chi connectivity index (χ3n) is 7.66. The van der Waals surface area contributed by atoms with Gasteiger partial charge in [0.15, 0.2) is 5.41 Å². The molecule has 0 amide bonds. The lowest BCUT2D eigenvalue weighted by Crippen LogP contribution is -2.47. The van der Waals surface area contributed by atoms with Gasteiger partial charge < -0.3 is 14.6 Å². The second kappa shape index (κ2) is 9.96. The van der Waals surface area contributed by atoms with E-state index in [4.69, 9.17) is 9.47 Å². The molecule has 39 heavy (non-hydrogen) atoms. The van der Waals surface area contributed by atoms with Crippen LogP contribution in [-0.4, -0.2) is 31.3 Å². The fourth-order valence-corrected chi connectivity index (χ4v) is 5.99. The number of carbonyl (C=O) groups is 2. The quantitative estimate of drug-likeness (QED) is 0.346. The fourth-order valence-electron chi connectivity index (χ4n) is 5.99. The Bertz CT molecular complexity index is 1720. The largest absolute Gasteiger partial charge is 0.511 e. The highest BCUT2D eigenvalue weighted by atomic mass is 16.5. The van der Waals surface area contributed by atoms with E-state index in [0.717, 1.165) is 25.0 Å². The van der Waals surface area contributed by atoms with E-state index in [1.165, 1.54) is 0 Å². The molecule has 5 rings (SSSR count). The number of fused-ring (bicyclic) bond motifs is 2. The molecule has 0 saturated heterocycles. The van der Waals surface area contributed by atoms with Crippen LogP contribution in [0.2, 0.25) is 0 Å². The summed E-state index contributed by atoms with van der Waals surface area (Å²) in [6.45, 7) is 0. The Morgan fingerprint density at radius 3 is 1.82 bits per heavy atom. The second-order valence-corrected chi connectivity index (χ2v) is 9.43. The van der Waals surface area contributed by atoms with E-state index >= 15 is 0 Å². The molecule has 0 radical (unpaired) electrons. The summed E-state index contributed by atoms with van der Waals surface area (Å²) in [4.78, 5) is 26.7. The molecule has 7 heteroatoms. The SMILES string of the molecule is COC(=O)C1=C(O)[C@@H](C(=O)OC)[C@@H](c2cccc3ccccc23)C(C#N)(C#N)[C@@H]1c1cccc2ccccc12. The Kier molecular flexibility index (Phi) is 6.52. The fraction of sp³-hybridized carbons (Fsp3) is 0.188. The lowest BCUT2D eigenvalue weighted by Gasteiger charge is -2.44. The van der Waals surface area contributed by atoms with Gasteiger partial charge >= 0.3 is 11.9 Å². The van der Waals surface area contributed by atoms with E-state index < -0.39 is 40.9 Å². The molecule has 3 atom stereocenters. The Hall–Kier alpha value is -5.14. The number of aliphatic hydroxyl groups is 1. The Labute approximate surface area is 225 Å². The van der Waals surface area contributed by atoms with E-state index in [1.807, 2.05) is 60.7 Å². The van der Waals surface area contributed by atoms with Crippen LogP contribution in [0.1, 0.15) is 23.0 Å². The molecule has 0 spiro atoms. The summed E-state index contributed by atoms with van der Waals surface area (Å²) in [7, 11) is 2.30. The van der Waals surface area contributed by atoms with Gasteiger partial charge in [-0.15, -0.1) is 0 Å². The molecule has 1 aliphatic rings. The molecule has 4 aromatic carbocycles. The van der Waals surface area contributed by atoms with Gasteiger partial charge in [0.25, 0.3) is 0 Å². The molecule has 0 aliphatic heterocycles. The van der Waals surface area contributed by atoms with Crippen LogP contribution in [0.4, 0.5) is 0 Å². The van der Waals surface area contributed by atoms with Gasteiger partial charge in [-0.2, -0.15) is 10.5 Å². The summed E-state index contributed by atoms with van der Waals surface area (Å²) < 4.78 is 10.1. The smallest absolute Gasteiger partial charge is 0.337 e. The first-order valence-corrected chi connectivity index (χ1v) is 12.3. The summed E-state index contributed by atoms with van der Waals surface area (Å²) in [6, 6.07) is 30.0. The zero-order chi connectivity index (χ0) is 27.7. The van der Waals surface area contributed by atoms with Crippen molar-refractivity contribution in [1.82, 2.24) is 0 Å². The van der Waals surface area contributed by atoms with E-state index in [9.17, 15) is 25.2 Å². The zero-order valence-electron chi connectivity index (χ0n) is 21.3. The minimum Gasteiger partial charge on any atom is -0.511 e. The van der Waals surface area contributed by atoms with E-state index in [2.05, 4.69) is 12.1 Å². The number of methoxy groups -OCH3 is 2. The van der Waals surface area contributed by atoms with Gasteiger partial charge in [0.1, 0.15) is 11.7 Å². The van der Waals surface area contributed by atoms with E-state index in [1.54, 1.807) is 24.3 Å². The summed E-state index contributed by atoms with van der Waals surface area (Å²) in [6.07, 6.45) is 0. The molecule has 0 heterocycles. The molecule has 1 N–H and O–H groups in total. The van der Waals surface area contributed by atoms with Gasteiger partial charge in [-0.05, 0) is 32.7 Å². The first kappa shape index (κ1) is 25.5. The highest BCUT2D eigenvalue weighted by molar-refractivity contribution is 5.97. The Morgan fingerprint density at radius 2 is 1.28 bits per heavy atom. The van der Waals surface area contributed by atoms with Crippen LogP contribution in [0, 0.1) is 34.0 Å². The maximum Gasteiger partial charge on any atom is 0.337 e. The number of carbonyl (C=O) groups excluding carboxylic acids is 2. The topological polar surface area (TPSA) is 120 Å². The second-order valence-electron chi connectivity index (χ2n) is 9.43. The van der Waals surface area contributed by atoms with Crippen LogP contribution >= 0.6 is 0 Å². The minimum absolute atomic E-state index is 0.316. The van der Waals surface area contributed by atoms with Crippen molar-refractivity contribution >= 4 is 33.5 Å². The van der Waals surface area contributed by atoms with Gasteiger partial charge in [-0.25, -0.2) is 4.79 Å². The van der Waals surface area contributed by atoms with Gasteiger partial charge in [-0.1, -0.05) is 84.9 Å². The van der Waals surface area contributed by atoms with Gasteiger partial charge in [0.2, 0.25) is 0 Å². The average molecular weight is 517 g/mol. The van der Waals surface area contributed by atoms with Crippen molar-refractivity contribution in [2.45, 2.75) is 11.8 Å². The average Bonchev–Trinajstić information content (AvgIpc) is 2.99. The normalized spacial score (nSPS) is 20.2. The molecule has 1 aliphatic carbocycles. The van der Waals surface area contributed by atoms with E-state index in [-0.39, 0.29) is 5.57 Å². The van der Waals surface area contributed by atoms with Crippen LogP contribution in [0.3, 0.4) is 0 Å². The highest BCUT2D eigenvalue weighted by Crippen LogP contribution is 2.60. The highest BCUT2D eigenvalue weighted by Gasteiger charge is 2.62. The maximum atomic E-state index is 13.3. The minimum atomic E-state index is -2.02. The number of hydrogen-bond acceptors (Lipinski definition) is 7. The standard InChI is InChI=1S/C32H24N2O5/c1-38-30(36)25-27(23-15-7-11-19-9-3-5-13-21(19)23)32(17-33,18-34)28(26(29(25)35)31(37)39-2)24-16-8-12-20-10-4-6-14-22(20)24/h3-16,25,27-28,35H,1-2H3/t25-,27+,28+/m0/s1. The molecule has 4 aromatic rings. The number of hydrogen-bond donors (Lipinski definition) is 1. The monoisotopic (exact) mass is 516 g/mol. The summed E-state index contributed by atoms with van der Waals surface area (Å²) >= 11 is 0. The molecule has 0 saturated carbocycles. The van der Waals surface area contributed by atoms with Crippen LogP contribution < -0.4 is 0 Å².